The normalized spacial score (nSPS) is 10.2. The van der Waals surface area contributed by atoms with Crippen LogP contribution in [-0.2, 0) is 0 Å². The third-order valence-corrected chi connectivity index (χ3v) is 2.64. The van der Waals surface area contributed by atoms with Crippen molar-refractivity contribution in [2.45, 2.75) is 0 Å². The van der Waals surface area contributed by atoms with Crippen molar-refractivity contribution in [1.82, 2.24) is 0 Å². The zero-order chi connectivity index (χ0) is 14.1. The Morgan fingerprint density at radius 1 is 1.21 bits per heavy atom. The first kappa shape index (κ1) is 14.9. The van der Waals surface area contributed by atoms with E-state index in [-0.39, 0.29) is 5.69 Å². The second-order valence-electron chi connectivity index (χ2n) is 4.09. The van der Waals surface area contributed by atoms with Crippen molar-refractivity contribution in [2.75, 3.05) is 26.2 Å². The van der Waals surface area contributed by atoms with Crippen molar-refractivity contribution >= 4 is 5.69 Å². The Labute approximate surface area is 112 Å². The summed E-state index contributed by atoms with van der Waals surface area (Å²) in [6, 6.07) is 6.10. The molecule has 1 N–H and O–H groups in total. The molecule has 0 radical (unpaired) electrons. The molecule has 0 spiro atoms. The van der Waals surface area contributed by atoms with Gasteiger partial charge in [-0.2, -0.15) is 0 Å². The Hall–Kier alpha value is -2.14. The van der Waals surface area contributed by atoms with Gasteiger partial charge in [-0.15, -0.1) is 0 Å². The molecule has 1 aromatic rings. The van der Waals surface area contributed by atoms with Crippen LogP contribution in [0.2, 0.25) is 0 Å². The maximum Gasteiger partial charge on any atom is 0.269 e. The maximum atomic E-state index is 10.5. The van der Waals surface area contributed by atoms with Crippen molar-refractivity contribution in [1.29, 1.82) is 0 Å². The fourth-order valence-electron chi connectivity index (χ4n) is 1.67. The monoisotopic (exact) mass is 263 g/mol. The molecule has 5 heteroatoms. The summed E-state index contributed by atoms with van der Waals surface area (Å²) >= 11 is 0. The van der Waals surface area contributed by atoms with E-state index in [9.17, 15) is 10.1 Å². The van der Waals surface area contributed by atoms with Crippen LogP contribution < -0.4 is 9.64 Å². The van der Waals surface area contributed by atoms with Crippen molar-refractivity contribution in [3.8, 4) is 5.75 Å². The van der Waals surface area contributed by atoms with Gasteiger partial charge in [0.2, 0.25) is 0 Å². The van der Waals surface area contributed by atoms with Crippen LogP contribution in [0.25, 0.3) is 0 Å². The van der Waals surface area contributed by atoms with Crippen molar-refractivity contribution < 1.29 is 14.6 Å². The minimum Gasteiger partial charge on any atom is -0.488 e. The standard InChI is InChI=1S/C14H18N2O3/c1-3-9-15(10-4-2)11-12-19-14-7-5-13(6-8-14)16(17)18/h3-8H,1-2,9-12H2/p+1. The van der Waals surface area contributed by atoms with Gasteiger partial charge >= 0.3 is 0 Å². The molecule has 0 saturated heterocycles. The van der Waals surface area contributed by atoms with E-state index in [1.165, 1.54) is 17.0 Å². The molecule has 1 rings (SSSR count). The number of nitro groups is 1. The Morgan fingerprint density at radius 3 is 2.26 bits per heavy atom. The number of quaternary nitrogens is 1. The highest BCUT2D eigenvalue weighted by atomic mass is 16.6. The van der Waals surface area contributed by atoms with E-state index in [2.05, 4.69) is 13.2 Å². The van der Waals surface area contributed by atoms with Gasteiger partial charge in [-0.1, -0.05) is 13.2 Å². The summed E-state index contributed by atoms with van der Waals surface area (Å²) in [7, 11) is 0. The summed E-state index contributed by atoms with van der Waals surface area (Å²) < 4.78 is 5.55. The number of hydrogen-bond donors (Lipinski definition) is 1. The van der Waals surface area contributed by atoms with E-state index in [0.29, 0.717) is 12.4 Å². The smallest absolute Gasteiger partial charge is 0.269 e. The molecular weight excluding hydrogens is 244 g/mol. The number of non-ortho nitro benzene ring substituents is 1. The number of hydrogen-bond acceptors (Lipinski definition) is 3. The van der Waals surface area contributed by atoms with Crippen LogP contribution in [-0.4, -0.2) is 31.2 Å². The molecule has 0 aromatic heterocycles. The van der Waals surface area contributed by atoms with Gasteiger partial charge in [0.1, 0.15) is 18.9 Å². The Morgan fingerprint density at radius 2 is 1.79 bits per heavy atom. The van der Waals surface area contributed by atoms with Gasteiger partial charge in [0.25, 0.3) is 5.69 Å². The molecule has 0 bridgehead atoms. The number of rotatable bonds is 9. The molecule has 0 aliphatic carbocycles. The highest BCUT2D eigenvalue weighted by molar-refractivity contribution is 5.35. The molecule has 0 fully saturated rings. The molecule has 102 valence electrons. The molecule has 1 aromatic carbocycles. The SMILES string of the molecule is C=CC[NH+](CC=C)CCOc1ccc([N+](=O)[O-])cc1. The fraction of sp³-hybridized carbons (Fsp3) is 0.286. The third kappa shape index (κ3) is 5.35. The predicted molar refractivity (Wildman–Crippen MR) is 74.5 cm³/mol. The fourth-order valence-corrected chi connectivity index (χ4v) is 1.67. The van der Waals surface area contributed by atoms with Crippen molar-refractivity contribution in [2.24, 2.45) is 0 Å². The van der Waals surface area contributed by atoms with Gasteiger partial charge in [-0.25, -0.2) is 0 Å². The summed E-state index contributed by atoms with van der Waals surface area (Å²) in [6.07, 6.45) is 3.73. The van der Waals surface area contributed by atoms with Gasteiger partial charge in [0.05, 0.1) is 18.0 Å². The van der Waals surface area contributed by atoms with E-state index in [1.807, 2.05) is 12.2 Å². The molecule has 0 amide bonds. The Balaban J connectivity index is 2.41. The molecule has 19 heavy (non-hydrogen) atoms. The number of benzene rings is 1. The van der Waals surface area contributed by atoms with Gasteiger partial charge in [0.15, 0.2) is 0 Å². The lowest BCUT2D eigenvalue weighted by Crippen LogP contribution is -3.12. The average Bonchev–Trinajstić information content (AvgIpc) is 2.40. The van der Waals surface area contributed by atoms with Crippen LogP contribution in [0.15, 0.2) is 49.6 Å². The van der Waals surface area contributed by atoms with Crippen LogP contribution in [0, 0.1) is 10.1 Å². The predicted octanol–water partition coefficient (Wildman–Crippen LogP) is 1.23. The number of ether oxygens (including phenoxy) is 1. The van der Waals surface area contributed by atoms with E-state index < -0.39 is 4.92 Å². The summed E-state index contributed by atoms with van der Waals surface area (Å²) in [5.41, 5.74) is 0.0675. The van der Waals surface area contributed by atoms with E-state index in [1.54, 1.807) is 12.1 Å². The molecule has 0 heterocycles. The second kappa shape index (κ2) is 8.05. The molecule has 0 saturated carbocycles. The highest BCUT2D eigenvalue weighted by Gasteiger charge is 2.06. The summed E-state index contributed by atoms with van der Waals surface area (Å²) in [6.45, 7) is 10.5. The second-order valence-corrected chi connectivity index (χ2v) is 4.09. The van der Waals surface area contributed by atoms with Crippen LogP contribution in [0.3, 0.4) is 0 Å². The van der Waals surface area contributed by atoms with Crippen molar-refractivity contribution in [3.63, 3.8) is 0 Å². The molecule has 0 atom stereocenters. The van der Waals surface area contributed by atoms with Gasteiger partial charge in [-0.3, -0.25) is 10.1 Å². The quantitative estimate of drug-likeness (QED) is 0.414. The van der Waals surface area contributed by atoms with Crippen LogP contribution in [0.5, 0.6) is 5.75 Å². The number of nitrogens with zero attached hydrogens (tertiary/aromatic N) is 1. The van der Waals surface area contributed by atoms with E-state index in [0.717, 1.165) is 19.6 Å². The minimum atomic E-state index is -0.427. The average molecular weight is 263 g/mol. The van der Waals surface area contributed by atoms with E-state index >= 15 is 0 Å². The highest BCUT2D eigenvalue weighted by Crippen LogP contribution is 2.16. The molecule has 0 aliphatic heterocycles. The van der Waals surface area contributed by atoms with Crippen LogP contribution in [0.1, 0.15) is 0 Å². The zero-order valence-corrected chi connectivity index (χ0v) is 10.9. The Kier molecular flexibility index (Phi) is 6.32. The Bertz CT molecular complexity index is 419. The van der Waals surface area contributed by atoms with Crippen LogP contribution in [0.4, 0.5) is 5.69 Å². The summed E-state index contributed by atoms with van der Waals surface area (Å²) in [5.74, 6) is 0.641. The van der Waals surface area contributed by atoms with Crippen LogP contribution >= 0.6 is 0 Å². The first-order chi connectivity index (χ1) is 9.17. The zero-order valence-electron chi connectivity index (χ0n) is 10.9. The van der Waals surface area contributed by atoms with E-state index in [4.69, 9.17) is 4.74 Å². The molecule has 0 unspecified atom stereocenters. The number of nitro benzene ring substituents is 1. The van der Waals surface area contributed by atoms with Gasteiger partial charge in [0, 0.05) is 12.1 Å². The number of nitrogens with one attached hydrogen (secondary N) is 1. The molecular formula is C14H19N2O3+. The molecule has 0 aliphatic rings. The lowest BCUT2D eigenvalue weighted by atomic mass is 10.3. The third-order valence-electron chi connectivity index (χ3n) is 2.64. The topological polar surface area (TPSA) is 56.8 Å². The maximum absolute atomic E-state index is 10.5. The van der Waals surface area contributed by atoms with Gasteiger partial charge < -0.3 is 9.64 Å². The summed E-state index contributed by atoms with van der Waals surface area (Å²) in [4.78, 5) is 11.4. The lowest BCUT2D eigenvalue weighted by molar-refractivity contribution is -0.888. The lowest BCUT2D eigenvalue weighted by Gasteiger charge is -2.16. The molecule has 5 nitrogen and oxygen atoms in total. The first-order valence-electron chi connectivity index (χ1n) is 6.10. The first-order valence-corrected chi connectivity index (χ1v) is 6.10. The minimum absolute atomic E-state index is 0.0675. The van der Waals surface area contributed by atoms with Gasteiger partial charge in [-0.05, 0) is 24.3 Å². The summed E-state index contributed by atoms with van der Waals surface area (Å²) in [5, 5.41) is 10.5. The largest absolute Gasteiger partial charge is 0.488 e. The van der Waals surface area contributed by atoms with Crippen molar-refractivity contribution in [3.05, 3.63) is 59.7 Å².